The van der Waals surface area contributed by atoms with Crippen LogP contribution in [0, 0.1) is 30.6 Å². The predicted molar refractivity (Wildman–Crippen MR) is 125 cm³/mol. The highest BCUT2D eigenvalue weighted by Crippen LogP contribution is 2.68. The first-order valence-corrected chi connectivity index (χ1v) is 11.5. The van der Waals surface area contributed by atoms with E-state index in [1.165, 1.54) is 16.9 Å². The summed E-state index contributed by atoms with van der Waals surface area (Å²) in [6.07, 6.45) is 1.78. The van der Waals surface area contributed by atoms with Gasteiger partial charge in [-0.1, -0.05) is 58.0 Å². The van der Waals surface area contributed by atoms with Crippen LogP contribution < -0.4 is 10.6 Å². The first-order valence-electron chi connectivity index (χ1n) is 10.7. The Morgan fingerprint density at radius 2 is 1.67 bits per heavy atom. The predicted octanol–water partition coefficient (Wildman–Crippen LogP) is 5.74. The number of anilines is 1. The van der Waals surface area contributed by atoms with E-state index in [-0.39, 0.29) is 34.6 Å². The fourth-order valence-electron chi connectivity index (χ4n) is 4.42. The minimum absolute atomic E-state index is 0.0115. The molecule has 2 amide bonds. The van der Waals surface area contributed by atoms with Gasteiger partial charge in [0.1, 0.15) is 5.00 Å². The van der Waals surface area contributed by atoms with Gasteiger partial charge >= 0.3 is 0 Å². The van der Waals surface area contributed by atoms with Crippen LogP contribution in [-0.2, 0) is 11.2 Å². The molecular weight excluding hydrogens is 392 g/mol. The highest BCUT2D eigenvalue weighted by atomic mass is 32.1. The number of hydrogen-bond donors (Lipinski definition) is 2. The van der Waals surface area contributed by atoms with Gasteiger partial charge in [0.15, 0.2) is 0 Å². The third-order valence-corrected chi connectivity index (χ3v) is 8.34. The SMILES string of the molecule is Cc1sc(NC(=O)C2C(C)(C)C2(C)C)c(C(=O)NC(C)CCc2ccccc2)c1C. The zero-order valence-corrected chi connectivity index (χ0v) is 20.0. The Kier molecular flexibility index (Phi) is 6.15. The van der Waals surface area contributed by atoms with Gasteiger partial charge in [-0.3, -0.25) is 9.59 Å². The molecule has 0 spiro atoms. The molecule has 1 aromatic carbocycles. The molecule has 1 aromatic heterocycles. The summed E-state index contributed by atoms with van der Waals surface area (Å²) in [5.41, 5.74) is 2.74. The molecule has 2 aromatic rings. The highest BCUT2D eigenvalue weighted by molar-refractivity contribution is 7.16. The molecule has 4 nitrogen and oxygen atoms in total. The molecule has 5 heteroatoms. The Labute approximate surface area is 184 Å². The maximum atomic E-state index is 13.1. The number of thiophene rings is 1. The molecule has 1 unspecified atom stereocenters. The lowest BCUT2D eigenvalue weighted by Gasteiger charge is -2.15. The summed E-state index contributed by atoms with van der Waals surface area (Å²) in [6, 6.07) is 10.3. The van der Waals surface area contributed by atoms with Crippen molar-refractivity contribution in [2.24, 2.45) is 16.7 Å². The van der Waals surface area contributed by atoms with Crippen LogP contribution in [0.25, 0.3) is 0 Å². The van der Waals surface area contributed by atoms with Gasteiger partial charge in [-0.2, -0.15) is 0 Å². The van der Waals surface area contributed by atoms with Crippen molar-refractivity contribution in [1.29, 1.82) is 0 Å². The van der Waals surface area contributed by atoms with Crippen molar-refractivity contribution in [3.05, 3.63) is 51.9 Å². The van der Waals surface area contributed by atoms with Crippen LogP contribution in [0.3, 0.4) is 0 Å². The van der Waals surface area contributed by atoms with Gasteiger partial charge in [0.05, 0.1) is 5.56 Å². The van der Waals surface area contributed by atoms with Gasteiger partial charge in [-0.15, -0.1) is 11.3 Å². The summed E-state index contributed by atoms with van der Waals surface area (Å²) in [7, 11) is 0. The zero-order valence-electron chi connectivity index (χ0n) is 19.2. The first kappa shape index (κ1) is 22.5. The minimum Gasteiger partial charge on any atom is -0.349 e. The Hall–Kier alpha value is -2.14. The topological polar surface area (TPSA) is 58.2 Å². The number of aryl methyl sites for hydroxylation is 2. The zero-order chi connectivity index (χ0) is 22.3. The highest BCUT2D eigenvalue weighted by Gasteiger charge is 2.68. The second-order valence-corrected chi connectivity index (χ2v) is 11.0. The van der Waals surface area contributed by atoms with Gasteiger partial charge < -0.3 is 10.6 Å². The summed E-state index contributed by atoms with van der Waals surface area (Å²) in [5, 5.41) is 6.87. The lowest BCUT2D eigenvalue weighted by Crippen LogP contribution is -2.33. The van der Waals surface area contributed by atoms with Crippen LogP contribution in [0.2, 0.25) is 0 Å². The van der Waals surface area contributed by atoms with E-state index in [4.69, 9.17) is 0 Å². The molecule has 2 N–H and O–H groups in total. The second-order valence-electron chi connectivity index (χ2n) is 9.75. The van der Waals surface area contributed by atoms with Gasteiger partial charge in [0.25, 0.3) is 5.91 Å². The van der Waals surface area contributed by atoms with Crippen LogP contribution in [0.15, 0.2) is 30.3 Å². The summed E-state index contributed by atoms with van der Waals surface area (Å²) in [5.74, 6) is -0.145. The fraction of sp³-hybridized carbons (Fsp3) is 0.520. The van der Waals surface area contributed by atoms with Crippen molar-refractivity contribution in [3.8, 4) is 0 Å². The lowest BCUT2D eigenvalue weighted by molar-refractivity contribution is -0.118. The molecule has 162 valence electrons. The Morgan fingerprint density at radius 3 is 2.23 bits per heavy atom. The molecule has 0 bridgehead atoms. The first-order chi connectivity index (χ1) is 14.0. The molecular formula is C25H34N2O2S. The van der Waals surface area contributed by atoms with Crippen molar-refractivity contribution in [1.82, 2.24) is 5.32 Å². The summed E-state index contributed by atoms with van der Waals surface area (Å²) in [6.45, 7) is 14.5. The van der Waals surface area contributed by atoms with Crippen molar-refractivity contribution in [3.63, 3.8) is 0 Å². The molecule has 0 saturated heterocycles. The minimum atomic E-state index is -0.109. The molecule has 0 radical (unpaired) electrons. The molecule has 1 aliphatic rings. The Morgan fingerprint density at radius 1 is 1.07 bits per heavy atom. The van der Waals surface area contributed by atoms with Gasteiger partial charge in [-0.05, 0) is 55.6 Å². The standard InChI is InChI=1S/C25H34N2O2S/c1-15(13-14-18-11-9-8-10-12-18)26-21(28)19-16(2)17(3)30-23(19)27-22(29)20-24(4,5)25(20,6)7/h8-12,15,20H,13-14H2,1-7H3,(H,26,28)(H,27,29). The van der Waals surface area contributed by atoms with Crippen molar-refractivity contribution in [2.45, 2.75) is 67.3 Å². The second kappa shape index (κ2) is 8.18. The van der Waals surface area contributed by atoms with E-state index < -0.39 is 0 Å². The van der Waals surface area contributed by atoms with Crippen LogP contribution in [0.4, 0.5) is 5.00 Å². The van der Waals surface area contributed by atoms with E-state index in [0.717, 1.165) is 23.3 Å². The number of carbonyl (C=O) groups excluding carboxylic acids is 2. The number of hydrogen-bond acceptors (Lipinski definition) is 3. The summed E-state index contributed by atoms with van der Waals surface area (Å²) in [4.78, 5) is 27.1. The molecule has 30 heavy (non-hydrogen) atoms. The average Bonchev–Trinajstić information content (AvgIpc) is 2.91. The monoisotopic (exact) mass is 426 g/mol. The summed E-state index contributed by atoms with van der Waals surface area (Å²) >= 11 is 1.49. The fourth-order valence-corrected chi connectivity index (χ4v) is 5.48. The Bertz CT molecular complexity index is 930. The van der Waals surface area contributed by atoms with Crippen LogP contribution in [-0.4, -0.2) is 17.9 Å². The molecule has 1 saturated carbocycles. The quantitative estimate of drug-likeness (QED) is 0.593. The van der Waals surface area contributed by atoms with Crippen molar-refractivity contribution < 1.29 is 9.59 Å². The lowest BCUT2D eigenvalue weighted by atomic mass is 10.0. The van der Waals surface area contributed by atoms with Gasteiger partial charge in [-0.25, -0.2) is 0 Å². The average molecular weight is 427 g/mol. The van der Waals surface area contributed by atoms with Crippen LogP contribution >= 0.6 is 11.3 Å². The number of rotatable bonds is 7. The number of nitrogens with one attached hydrogen (secondary N) is 2. The number of amides is 2. The Balaban J connectivity index is 1.68. The number of benzene rings is 1. The maximum absolute atomic E-state index is 13.1. The third kappa shape index (κ3) is 4.18. The molecule has 1 aliphatic carbocycles. The van der Waals surface area contributed by atoms with E-state index >= 15 is 0 Å². The van der Waals surface area contributed by atoms with E-state index in [2.05, 4.69) is 50.5 Å². The largest absolute Gasteiger partial charge is 0.349 e. The molecule has 1 heterocycles. The number of carbonyl (C=O) groups is 2. The smallest absolute Gasteiger partial charge is 0.254 e. The van der Waals surface area contributed by atoms with Crippen molar-refractivity contribution >= 4 is 28.2 Å². The van der Waals surface area contributed by atoms with Gasteiger partial charge in [0, 0.05) is 16.8 Å². The normalized spacial score (nSPS) is 18.0. The van der Waals surface area contributed by atoms with Crippen LogP contribution in [0.1, 0.15) is 67.4 Å². The van der Waals surface area contributed by atoms with Gasteiger partial charge in [0.2, 0.25) is 5.91 Å². The van der Waals surface area contributed by atoms with E-state index in [1.807, 2.05) is 39.0 Å². The molecule has 3 rings (SSSR count). The maximum Gasteiger partial charge on any atom is 0.254 e. The van der Waals surface area contributed by atoms with E-state index in [9.17, 15) is 9.59 Å². The molecule has 1 fully saturated rings. The summed E-state index contributed by atoms with van der Waals surface area (Å²) < 4.78 is 0. The molecule has 1 atom stereocenters. The van der Waals surface area contributed by atoms with E-state index in [0.29, 0.717) is 10.6 Å². The van der Waals surface area contributed by atoms with Crippen molar-refractivity contribution in [2.75, 3.05) is 5.32 Å². The molecule has 0 aliphatic heterocycles. The van der Waals surface area contributed by atoms with E-state index in [1.54, 1.807) is 0 Å². The third-order valence-electron chi connectivity index (χ3n) is 7.22. The van der Waals surface area contributed by atoms with Crippen LogP contribution in [0.5, 0.6) is 0 Å².